The molecule has 0 amide bonds. The number of furan rings is 1. The molecule has 3 heteroatoms. The molecule has 13 aromatic rings. The van der Waals surface area contributed by atoms with Crippen LogP contribution in [0.15, 0.2) is 247 Å². The first kappa shape index (κ1) is 36.9. The minimum atomic E-state index is 0.855. The normalized spacial score (nSPS) is 11.7. The van der Waals surface area contributed by atoms with Crippen LogP contribution in [0.5, 0.6) is 0 Å². The Morgan fingerprint density at radius 2 is 0.846 bits per heavy atom. The van der Waals surface area contributed by atoms with Gasteiger partial charge in [0.25, 0.3) is 0 Å². The van der Waals surface area contributed by atoms with Gasteiger partial charge in [0.05, 0.1) is 22.1 Å². The summed E-state index contributed by atoms with van der Waals surface area (Å²) in [4.78, 5) is 2.39. The van der Waals surface area contributed by atoms with E-state index in [0.29, 0.717) is 0 Å². The summed E-state index contributed by atoms with van der Waals surface area (Å²) < 4.78 is 9.34. The van der Waals surface area contributed by atoms with Gasteiger partial charge in [0.1, 0.15) is 11.2 Å². The van der Waals surface area contributed by atoms with E-state index in [2.05, 4.69) is 252 Å². The van der Waals surface area contributed by atoms with Gasteiger partial charge in [-0.15, -0.1) is 0 Å². The number of rotatable bonds is 7. The fourth-order valence-electron chi connectivity index (χ4n) is 10.0. The third-order valence-corrected chi connectivity index (χ3v) is 13.2. The maximum atomic E-state index is 6.96. The fourth-order valence-corrected chi connectivity index (χ4v) is 10.0. The monoisotopic (exact) mass is 828 g/mol. The average Bonchev–Trinajstić information content (AvgIpc) is 3.93. The zero-order chi connectivity index (χ0) is 42.8. The van der Waals surface area contributed by atoms with Crippen LogP contribution in [0, 0.1) is 0 Å². The highest BCUT2D eigenvalue weighted by atomic mass is 16.3. The predicted molar refractivity (Wildman–Crippen MR) is 274 cm³/mol. The summed E-state index contributed by atoms with van der Waals surface area (Å²) in [5.74, 6) is 0. The van der Waals surface area contributed by atoms with Crippen molar-refractivity contribution in [2.75, 3.05) is 4.90 Å². The Bertz CT molecular complexity index is 3770. The lowest BCUT2D eigenvalue weighted by Gasteiger charge is -2.27. The number of nitrogens with zero attached hydrogens (tertiary/aromatic N) is 2. The Morgan fingerprint density at radius 3 is 1.45 bits per heavy atom. The van der Waals surface area contributed by atoms with Crippen LogP contribution in [-0.4, -0.2) is 4.57 Å². The van der Waals surface area contributed by atoms with E-state index < -0.39 is 0 Å². The van der Waals surface area contributed by atoms with Crippen LogP contribution < -0.4 is 4.90 Å². The molecular formula is C62H40N2O. The largest absolute Gasteiger partial charge is 0.455 e. The molecule has 2 heterocycles. The lowest BCUT2D eigenvalue weighted by molar-refractivity contribution is 0.670. The van der Waals surface area contributed by atoms with E-state index in [0.717, 1.165) is 55.8 Å². The SMILES string of the molecule is c1cc(-c2ccc(N(c3ccc(-c4ccc5ccccc5c4)cc3)c3ccc(-c4ccc5ccccc5c4)cc3)c3c2oc2ccccc23)cc(-n2c3ccccc3c3ccccc32)c1. The van der Waals surface area contributed by atoms with Crippen LogP contribution >= 0.6 is 0 Å². The fraction of sp³-hybridized carbons (Fsp3) is 0. The molecule has 0 spiro atoms. The maximum absolute atomic E-state index is 6.96. The number of hydrogen-bond acceptors (Lipinski definition) is 2. The van der Waals surface area contributed by atoms with Gasteiger partial charge in [-0.25, -0.2) is 0 Å². The zero-order valence-electron chi connectivity index (χ0n) is 35.4. The van der Waals surface area contributed by atoms with Gasteiger partial charge in [0.2, 0.25) is 0 Å². The average molecular weight is 829 g/mol. The highest BCUT2D eigenvalue weighted by Crippen LogP contribution is 2.47. The molecule has 304 valence electrons. The Kier molecular flexibility index (Phi) is 8.53. The lowest BCUT2D eigenvalue weighted by atomic mass is 9.98. The summed E-state index contributed by atoms with van der Waals surface area (Å²) in [5.41, 5.74) is 15.2. The molecule has 0 radical (unpaired) electrons. The van der Waals surface area contributed by atoms with Gasteiger partial charge in [-0.3, -0.25) is 0 Å². The second kappa shape index (κ2) is 15.0. The molecule has 0 saturated heterocycles. The molecule has 0 aliphatic heterocycles. The molecule has 0 atom stereocenters. The van der Waals surface area contributed by atoms with Gasteiger partial charge in [-0.05, 0) is 128 Å². The molecule has 0 unspecified atom stereocenters. The number of anilines is 3. The molecule has 0 aliphatic rings. The van der Waals surface area contributed by atoms with Crippen LogP contribution in [0.3, 0.4) is 0 Å². The number of benzene rings is 11. The minimum absolute atomic E-state index is 0.855. The van der Waals surface area contributed by atoms with Crippen molar-refractivity contribution >= 4 is 82.4 Å². The summed E-state index contributed by atoms with van der Waals surface area (Å²) in [6, 6.07) is 87.7. The third kappa shape index (κ3) is 6.20. The quantitative estimate of drug-likeness (QED) is 0.160. The van der Waals surface area contributed by atoms with E-state index in [1.165, 1.54) is 65.6 Å². The molecule has 0 N–H and O–H groups in total. The van der Waals surface area contributed by atoms with Crippen molar-refractivity contribution in [2.45, 2.75) is 0 Å². The summed E-state index contributed by atoms with van der Waals surface area (Å²) in [6.07, 6.45) is 0. The lowest BCUT2D eigenvalue weighted by Crippen LogP contribution is -2.10. The van der Waals surface area contributed by atoms with Crippen molar-refractivity contribution in [3.63, 3.8) is 0 Å². The second-order valence-electron chi connectivity index (χ2n) is 16.9. The highest BCUT2D eigenvalue weighted by Gasteiger charge is 2.23. The molecular weight excluding hydrogens is 789 g/mol. The van der Waals surface area contributed by atoms with Crippen LogP contribution in [0.25, 0.3) is 104 Å². The van der Waals surface area contributed by atoms with Crippen molar-refractivity contribution < 1.29 is 4.42 Å². The molecule has 65 heavy (non-hydrogen) atoms. The van der Waals surface area contributed by atoms with Gasteiger partial charge >= 0.3 is 0 Å². The van der Waals surface area contributed by atoms with Gasteiger partial charge in [0, 0.05) is 38.8 Å². The summed E-state index contributed by atoms with van der Waals surface area (Å²) in [6.45, 7) is 0. The number of para-hydroxylation sites is 3. The van der Waals surface area contributed by atoms with Gasteiger partial charge < -0.3 is 13.9 Å². The first-order chi connectivity index (χ1) is 32.2. The van der Waals surface area contributed by atoms with Crippen molar-refractivity contribution in [3.05, 3.63) is 243 Å². The van der Waals surface area contributed by atoms with Gasteiger partial charge in [-0.1, -0.05) is 164 Å². The first-order valence-electron chi connectivity index (χ1n) is 22.2. The summed E-state index contributed by atoms with van der Waals surface area (Å²) in [7, 11) is 0. The predicted octanol–water partition coefficient (Wildman–Crippen LogP) is 17.5. The van der Waals surface area contributed by atoms with E-state index in [1.54, 1.807) is 0 Å². The zero-order valence-corrected chi connectivity index (χ0v) is 35.4. The van der Waals surface area contributed by atoms with Crippen LogP contribution in [0.2, 0.25) is 0 Å². The number of hydrogen-bond donors (Lipinski definition) is 0. The Hall–Kier alpha value is -8.66. The molecule has 0 aliphatic carbocycles. The second-order valence-corrected chi connectivity index (χ2v) is 16.9. The number of aromatic nitrogens is 1. The Balaban J connectivity index is 0.980. The Labute approximate surface area is 376 Å². The van der Waals surface area contributed by atoms with Crippen LogP contribution in [0.1, 0.15) is 0 Å². The van der Waals surface area contributed by atoms with E-state index in [9.17, 15) is 0 Å². The van der Waals surface area contributed by atoms with E-state index in [-0.39, 0.29) is 0 Å². The molecule has 0 fully saturated rings. The smallest absolute Gasteiger partial charge is 0.145 e. The van der Waals surface area contributed by atoms with E-state index >= 15 is 0 Å². The molecule has 13 rings (SSSR count). The minimum Gasteiger partial charge on any atom is -0.455 e. The van der Waals surface area contributed by atoms with E-state index in [4.69, 9.17) is 4.42 Å². The Morgan fingerprint density at radius 1 is 0.338 bits per heavy atom. The van der Waals surface area contributed by atoms with Crippen molar-refractivity contribution in [1.82, 2.24) is 4.57 Å². The van der Waals surface area contributed by atoms with E-state index in [1.807, 2.05) is 0 Å². The van der Waals surface area contributed by atoms with Crippen molar-refractivity contribution in [1.29, 1.82) is 0 Å². The molecule has 0 saturated carbocycles. The maximum Gasteiger partial charge on any atom is 0.145 e. The summed E-state index contributed by atoms with van der Waals surface area (Å²) in [5, 5.41) is 9.57. The van der Waals surface area contributed by atoms with Gasteiger partial charge in [0.15, 0.2) is 0 Å². The molecule has 3 nitrogen and oxygen atoms in total. The topological polar surface area (TPSA) is 21.3 Å². The highest BCUT2D eigenvalue weighted by molar-refractivity contribution is 6.17. The standard InChI is InChI=1S/C62H40N2O/c1-3-14-45-38-47(26-24-41(45)12-1)43-28-32-50(33-29-43)63(51-34-30-44(31-35-51)48-27-25-42-13-2-4-15-46(42)39-48)59-37-36-53(62-61(59)56-20-7-10-23-60(56)65-62)49-16-11-17-52(40-49)64-57-21-8-5-18-54(57)55-19-6-9-22-58(55)64/h1-40H. The van der Waals surface area contributed by atoms with Crippen molar-refractivity contribution in [2.24, 2.45) is 0 Å². The summed E-state index contributed by atoms with van der Waals surface area (Å²) >= 11 is 0. The van der Waals surface area contributed by atoms with Gasteiger partial charge in [-0.2, -0.15) is 0 Å². The first-order valence-corrected chi connectivity index (χ1v) is 22.2. The third-order valence-electron chi connectivity index (χ3n) is 13.2. The molecule has 0 bridgehead atoms. The van der Waals surface area contributed by atoms with Crippen LogP contribution in [0.4, 0.5) is 17.1 Å². The number of fused-ring (bicyclic) bond motifs is 8. The van der Waals surface area contributed by atoms with Crippen LogP contribution in [-0.2, 0) is 0 Å². The molecule has 11 aromatic carbocycles. The molecule has 2 aromatic heterocycles. The van der Waals surface area contributed by atoms with Crippen molar-refractivity contribution in [3.8, 4) is 39.1 Å².